The first kappa shape index (κ1) is 19.0. The van der Waals surface area contributed by atoms with Crippen molar-refractivity contribution in [3.05, 3.63) is 91.4 Å². The highest BCUT2D eigenvalue weighted by Gasteiger charge is 2.21. The molecular formula is C26H22N4O. The smallest absolute Gasteiger partial charge is 0.227 e. The van der Waals surface area contributed by atoms with Gasteiger partial charge in [-0.15, -0.1) is 0 Å². The topological polar surface area (TPSA) is 58.1 Å². The van der Waals surface area contributed by atoms with E-state index in [1.165, 1.54) is 0 Å². The van der Waals surface area contributed by atoms with E-state index in [2.05, 4.69) is 33.5 Å². The van der Waals surface area contributed by atoms with Crippen molar-refractivity contribution < 1.29 is 4.79 Å². The van der Waals surface area contributed by atoms with E-state index in [1.807, 2.05) is 71.9 Å². The van der Waals surface area contributed by atoms with Crippen LogP contribution in [0.5, 0.6) is 0 Å². The first-order valence-corrected chi connectivity index (χ1v) is 10.4. The summed E-state index contributed by atoms with van der Waals surface area (Å²) in [6.07, 6.45) is 7.08. The van der Waals surface area contributed by atoms with Crippen LogP contribution in [0.2, 0.25) is 0 Å². The average molecular weight is 406 g/mol. The van der Waals surface area contributed by atoms with Crippen LogP contribution in [0.25, 0.3) is 22.3 Å². The van der Waals surface area contributed by atoms with Gasteiger partial charge in [0, 0.05) is 42.2 Å². The van der Waals surface area contributed by atoms with E-state index in [9.17, 15) is 4.79 Å². The Morgan fingerprint density at radius 2 is 1.55 bits per heavy atom. The molecule has 0 bridgehead atoms. The summed E-state index contributed by atoms with van der Waals surface area (Å²) >= 11 is 0. The van der Waals surface area contributed by atoms with E-state index in [-0.39, 0.29) is 5.91 Å². The number of pyridine rings is 2. The lowest BCUT2D eigenvalue weighted by molar-refractivity contribution is -0.117. The van der Waals surface area contributed by atoms with Crippen molar-refractivity contribution in [2.24, 2.45) is 0 Å². The Balaban J connectivity index is 1.30. The number of benzene rings is 2. The van der Waals surface area contributed by atoms with Crippen LogP contribution < -0.4 is 10.2 Å². The number of rotatable bonds is 5. The molecule has 152 valence electrons. The average Bonchev–Trinajstić information content (AvgIpc) is 3.26. The minimum Gasteiger partial charge on any atom is -0.339 e. The first-order chi connectivity index (χ1) is 15.3. The fourth-order valence-corrected chi connectivity index (χ4v) is 3.84. The van der Waals surface area contributed by atoms with Crippen LogP contribution in [0.1, 0.15) is 12.8 Å². The number of anilines is 3. The molecule has 0 unspecified atom stereocenters. The van der Waals surface area contributed by atoms with Gasteiger partial charge in [-0.3, -0.25) is 9.78 Å². The van der Waals surface area contributed by atoms with E-state index in [1.54, 1.807) is 6.20 Å². The third-order valence-corrected chi connectivity index (χ3v) is 5.47. The molecule has 2 aromatic carbocycles. The summed E-state index contributed by atoms with van der Waals surface area (Å²) in [7, 11) is 0. The van der Waals surface area contributed by atoms with E-state index >= 15 is 0 Å². The maximum absolute atomic E-state index is 11.9. The van der Waals surface area contributed by atoms with Crippen LogP contribution in [0.3, 0.4) is 0 Å². The van der Waals surface area contributed by atoms with Gasteiger partial charge in [0.25, 0.3) is 0 Å². The standard InChI is InChI=1S/C26H22N4O/c31-26-7-4-14-30(26)24-11-8-20(9-12-24)21-10-13-25(28-17-21)29-23-15-22(16-27-18-23)19-5-2-1-3-6-19/h1-3,5-6,8-13,15-18H,4,7,14H2,(H,28,29). The number of nitrogens with one attached hydrogen (secondary N) is 1. The molecule has 0 atom stereocenters. The summed E-state index contributed by atoms with van der Waals surface area (Å²) in [5.74, 6) is 0.964. The minimum absolute atomic E-state index is 0.204. The number of carbonyl (C=O) groups excluding carboxylic acids is 1. The molecule has 1 saturated heterocycles. The fourth-order valence-electron chi connectivity index (χ4n) is 3.84. The lowest BCUT2D eigenvalue weighted by Crippen LogP contribution is -2.23. The molecular weight excluding hydrogens is 384 g/mol. The van der Waals surface area contributed by atoms with Crippen molar-refractivity contribution in [3.63, 3.8) is 0 Å². The molecule has 0 aliphatic carbocycles. The maximum Gasteiger partial charge on any atom is 0.227 e. The molecule has 5 nitrogen and oxygen atoms in total. The Bertz CT molecular complexity index is 1190. The van der Waals surface area contributed by atoms with Crippen molar-refractivity contribution in [1.29, 1.82) is 0 Å². The zero-order valence-corrected chi connectivity index (χ0v) is 17.0. The SMILES string of the molecule is O=C1CCCN1c1ccc(-c2ccc(Nc3cncc(-c4ccccc4)c3)nc2)cc1. The number of hydrogen-bond acceptors (Lipinski definition) is 4. The molecule has 0 spiro atoms. The molecule has 1 fully saturated rings. The maximum atomic E-state index is 11.9. The van der Waals surface area contributed by atoms with Crippen molar-refractivity contribution in [2.45, 2.75) is 12.8 Å². The lowest BCUT2D eigenvalue weighted by atomic mass is 10.1. The first-order valence-electron chi connectivity index (χ1n) is 10.4. The highest BCUT2D eigenvalue weighted by molar-refractivity contribution is 5.95. The summed E-state index contributed by atoms with van der Waals surface area (Å²) in [5.41, 5.74) is 6.13. The molecule has 0 saturated carbocycles. The van der Waals surface area contributed by atoms with Crippen LogP contribution in [0.4, 0.5) is 17.2 Å². The van der Waals surface area contributed by atoms with Crippen molar-refractivity contribution in [1.82, 2.24) is 9.97 Å². The molecule has 5 rings (SSSR count). The minimum atomic E-state index is 0.204. The summed E-state index contributed by atoms with van der Waals surface area (Å²) in [6, 6.07) is 24.3. The number of aromatic nitrogens is 2. The van der Waals surface area contributed by atoms with Gasteiger partial charge in [0.05, 0.1) is 11.9 Å². The summed E-state index contributed by atoms with van der Waals surface area (Å²) < 4.78 is 0. The van der Waals surface area contributed by atoms with Gasteiger partial charge in [0.1, 0.15) is 5.82 Å². The third kappa shape index (κ3) is 4.16. The van der Waals surface area contributed by atoms with Gasteiger partial charge in [-0.1, -0.05) is 42.5 Å². The Morgan fingerprint density at radius 1 is 0.774 bits per heavy atom. The van der Waals surface area contributed by atoms with Gasteiger partial charge in [-0.25, -0.2) is 4.98 Å². The van der Waals surface area contributed by atoms with E-state index in [0.29, 0.717) is 6.42 Å². The van der Waals surface area contributed by atoms with Crippen molar-refractivity contribution in [3.8, 4) is 22.3 Å². The third-order valence-electron chi connectivity index (χ3n) is 5.47. The zero-order chi connectivity index (χ0) is 21.0. The quantitative estimate of drug-likeness (QED) is 0.463. The predicted octanol–water partition coefficient (Wildman–Crippen LogP) is 5.68. The summed E-state index contributed by atoms with van der Waals surface area (Å²) in [6.45, 7) is 0.806. The van der Waals surface area contributed by atoms with Gasteiger partial charge < -0.3 is 10.2 Å². The second-order valence-electron chi connectivity index (χ2n) is 7.58. The van der Waals surface area contributed by atoms with Gasteiger partial charge in [0.2, 0.25) is 5.91 Å². The molecule has 1 aliphatic heterocycles. The second-order valence-corrected chi connectivity index (χ2v) is 7.58. The van der Waals surface area contributed by atoms with Crippen molar-refractivity contribution in [2.75, 3.05) is 16.8 Å². The van der Waals surface area contributed by atoms with E-state index in [4.69, 9.17) is 0 Å². The normalized spacial score (nSPS) is 13.4. The van der Waals surface area contributed by atoms with Crippen LogP contribution in [-0.4, -0.2) is 22.4 Å². The molecule has 3 heterocycles. The molecule has 2 aromatic heterocycles. The molecule has 31 heavy (non-hydrogen) atoms. The predicted molar refractivity (Wildman–Crippen MR) is 124 cm³/mol. The number of nitrogens with zero attached hydrogens (tertiary/aromatic N) is 3. The van der Waals surface area contributed by atoms with E-state index < -0.39 is 0 Å². The molecule has 1 N–H and O–H groups in total. The van der Waals surface area contributed by atoms with Crippen molar-refractivity contribution >= 4 is 23.1 Å². The monoisotopic (exact) mass is 406 g/mol. The Kier molecular flexibility index (Phi) is 5.15. The van der Waals surface area contributed by atoms with Crippen LogP contribution in [0, 0.1) is 0 Å². The molecule has 1 aliphatic rings. The van der Waals surface area contributed by atoms with E-state index in [0.717, 1.165) is 52.4 Å². The van der Waals surface area contributed by atoms with Crippen LogP contribution >= 0.6 is 0 Å². The highest BCUT2D eigenvalue weighted by atomic mass is 16.2. The van der Waals surface area contributed by atoms with Gasteiger partial charge in [-0.05, 0) is 47.9 Å². The molecule has 1 amide bonds. The number of amides is 1. The Morgan fingerprint density at radius 3 is 2.26 bits per heavy atom. The Labute approximate surface area is 181 Å². The number of hydrogen-bond donors (Lipinski definition) is 1. The largest absolute Gasteiger partial charge is 0.339 e. The Hall–Kier alpha value is -3.99. The lowest BCUT2D eigenvalue weighted by Gasteiger charge is -2.16. The number of carbonyl (C=O) groups is 1. The van der Waals surface area contributed by atoms with Crippen LogP contribution in [-0.2, 0) is 4.79 Å². The zero-order valence-electron chi connectivity index (χ0n) is 17.0. The van der Waals surface area contributed by atoms with Gasteiger partial charge in [-0.2, -0.15) is 0 Å². The van der Waals surface area contributed by atoms with Gasteiger partial charge in [0.15, 0.2) is 0 Å². The molecule has 0 radical (unpaired) electrons. The summed E-state index contributed by atoms with van der Waals surface area (Å²) in [4.78, 5) is 22.7. The fraction of sp³-hybridized carbons (Fsp3) is 0.115. The van der Waals surface area contributed by atoms with Crippen LogP contribution in [0.15, 0.2) is 91.4 Å². The molecule has 4 aromatic rings. The molecule has 5 heteroatoms. The second kappa shape index (κ2) is 8.40. The highest BCUT2D eigenvalue weighted by Crippen LogP contribution is 2.27. The van der Waals surface area contributed by atoms with Gasteiger partial charge >= 0.3 is 0 Å². The summed E-state index contributed by atoms with van der Waals surface area (Å²) in [5, 5.41) is 3.33.